The minimum atomic E-state index is -0.259. The predicted octanol–water partition coefficient (Wildman–Crippen LogP) is 3.91. The Bertz CT molecular complexity index is 579. The van der Waals surface area contributed by atoms with Gasteiger partial charge in [-0.25, -0.2) is 9.38 Å². The third kappa shape index (κ3) is 5.47. The number of thiophene rings is 1. The molecule has 1 heterocycles. The zero-order valence-corrected chi connectivity index (χ0v) is 14.1. The number of rotatable bonds is 5. The lowest BCUT2D eigenvalue weighted by Gasteiger charge is -2.10. The van der Waals surface area contributed by atoms with Crippen LogP contribution in [0.4, 0.5) is 4.39 Å². The summed E-state index contributed by atoms with van der Waals surface area (Å²) in [7, 11) is 0. The van der Waals surface area contributed by atoms with Crippen LogP contribution in [0, 0.1) is 5.82 Å². The summed E-state index contributed by atoms with van der Waals surface area (Å²) in [6.07, 6.45) is 0. The highest BCUT2D eigenvalue weighted by Gasteiger charge is 2.01. The van der Waals surface area contributed by atoms with Crippen molar-refractivity contribution in [2.75, 3.05) is 6.54 Å². The fourth-order valence-corrected chi connectivity index (χ4v) is 2.97. The van der Waals surface area contributed by atoms with Crippen LogP contribution < -0.4 is 10.6 Å². The molecule has 1 aromatic carbocycles. The van der Waals surface area contributed by atoms with Gasteiger partial charge in [0, 0.05) is 17.6 Å². The molecule has 2 rings (SSSR count). The van der Waals surface area contributed by atoms with Gasteiger partial charge in [-0.3, -0.25) is 0 Å². The van der Waals surface area contributed by atoms with E-state index in [1.54, 1.807) is 11.3 Å². The summed E-state index contributed by atoms with van der Waals surface area (Å²) >= 11 is 4.96. The Balaban J connectivity index is 1.99. The Morgan fingerprint density at radius 2 is 2.14 bits per heavy atom. The van der Waals surface area contributed by atoms with Crippen LogP contribution in [0.15, 0.2) is 44.5 Å². The van der Waals surface area contributed by atoms with E-state index in [0.29, 0.717) is 6.54 Å². The number of guanidine groups is 1. The van der Waals surface area contributed by atoms with E-state index in [0.717, 1.165) is 29.1 Å². The molecule has 0 radical (unpaired) electrons. The molecule has 0 fully saturated rings. The SMILES string of the molecule is CCNC(=NCc1cc(F)cc(Br)c1)NCc1ccsc1. The van der Waals surface area contributed by atoms with Crippen LogP contribution in [0.3, 0.4) is 0 Å². The number of hydrogen-bond donors (Lipinski definition) is 2. The van der Waals surface area contributed by atoms with Crippen LogP contribution in [-0.2, 0) is 13.1 Å². The van der Waals surface area contributed by atoms with E-state index in [4.69, 9.17) is 0 Å². The van der Waals surface area contributed by atoms with Gasteiger partial charge < -0.3 is 10.6 Å². The molecular weight excluding hydrogens is 353 g/mol. The highest BCUT2D eigenvalue weighted by atomic mass is 79.9. The van der Waals surface area contributed by atoms with Crippen molar-refractivity contribution in [2.45, 2.75) is 20.0 Å². The lowest BCUT2D eigenvalue weighted by molar-refractivity contribution is 0.624. The van der Waals surface area contributed by atoms with Crippen molar-refractivity contribution >= 4 is 33.2 Å². The third-order valence-corrected chi connectivity index (χ3v) is 3.92. The molecular formula is C15H17BrFN3S. The summed E-state index contributed by atoms with van der Waals surface area (Å²) in [6, 6.07) is 6.88. The van der Waals surface area contributed by atoms with Crippen LogP contribution in [0.25, 0.3) is 0 Å². The van der Waals surface area contributed by atoms with Gasteiger partial charge in [0.25, 0.3) is 0 Å². The first-order chi connectivity index (χ1) is 10.2. The van der Waals surface area contributed by atoms with Crippen molar-refractivity contribution in [2.24, 2.45) is 4.99 Å². The van der Waals surface area contributed by atoms with E-state index in [1.165, 1.54) is 17.7 Å². The number of nitrogens with zero attached hydrogens (tertiary/aromatic N) is 1. The average Bonchev–Trinajstić information content (AvgIpc) is 2.94. The first-order valence-electron chi connectivity index (χ1n) is 6.65. The molecule has 0 aliphatic carbocycles. The van der Waals surface area contributed by atoms with Crippen LogP contribution in [0.5, 0.6) is 0 Å². The molecule has 1 aromatic heterocycles. The molecule has 3 nitrogen and oxygen atoms in total. The van der Waals surface area contributed by atoms with Gasteiger partial charge in [-0.05, 0) is 53.1 Å². The van der Waals surface area contributed by atoms with Crippen LogP contribution in [0.2, 0.25) is 0 Å². The molecule has 0 atom stereocenters. The van der Waals surface area contributed by atoms with Crippen molar-refractivity contribution in [3.8, 4) is 0 Å². The number of benzene rings is 1. The Morgan fingerprint density at radius 1 is 1.29 bits per heavy atom. The van der Waals surface area contributed by atoms with Crippen molar-refractivity contribution in [3.05, 3.63) is 56.4 Å². The predicted molar refractivity (Wildman–Crippen MR) is 90.1 cm³/mol. The Morgan fingerprint density at radius 3 is 2.81 bits per heavy atom. The molecule has 112 valence electrons. The molecule has 2 N–H and O–H groups in total. The van der Waals surface area contributed by atoms with Gasteiger partial charge >= 0.3 is 0 Å². The monoisotopic (exact) mass is 369 g/mol. The second-order valence-corrected chi connectivity index (χ2v) is 6.15. The van der Waals surface area contributed by atoms with Crippen LogP contribution in [-0.4, -0.2) is 12.5 Å². The maximum absolute atomic E-state index is 13.3. The second-order valence-electron chi connectivity index (χ2n) is 4.46. The van der Waals surface area contributed by atoms with E-state index in [1.807, 2.05) is 18.4 Å². The zero-order valence-electron chi connectivity index (χ0n) is 11.7. The van der Waals surface area contributed by atoms with E-state index in [9.17, 15) is 4.39 Å². The fourth-order valence-electron chi connectivity index (χ4n) is 1.79. The summed E-state index contributed by atoms with van der Waals surface area (Å²) in [4.78, 5) is 4.48. The molecule has 0 bridgehead atoms. The summed E-state index contributed by atoms with van der Waals surface area (Å²) in [5, 5.41) is 10.6. The van der Waals surface area contributed by atoms with E-state index in [2.05, 4.69) is 43.0 Å². The number of halogens is 2. The maximum Gasteiger partial charge on any atom is 0.191 e. The van der Waals surface area contributed by atoms with Gasteiger partial charge in [0.1, 0.15) is 5.82 Å². The zero-order chi connectivity index (χ0) is 15.1. The average molecular weight is 370 g/mol. The molecule has 6 heteroatoms. The maximum atomic E-state index is 13.3. The minimum Gasteiger partial charge on any atom is -0.357 e. The van der Waals surface area contributed by atoms with Crippen LogP contribution in [0.1, 0.15) is 18.1 Å². The molecule has 0 saturated carbocycles. The molecule has 0 saturated heterocycles. The van der Waals surface area contributed by atoms with Crippen molar-refractivity contribution in [1.82, 2.24) is 10.6 Å². The lowest BCUT2D eigenvalue weighted by Crippen LogP contribution is -2.36. The molecule has 21 heavy (non-hydrogen) atoms. The fraction of sp³-hybridized carbons (Fsp3) is 0.267. The standard InChI is InChI=1S/C15H17BrFN3S/c1-2-18-15(19-8-11-3-4-21-10-11)20-9-12-5-13(16)7-14(17)6-12/h3-7,10H,2,8-9H2,1H3,(H2,18,19,20). The normalized spacial score (nSPS) is 11.5. The topological polar surface area (TPSA) is 36.4 Å². The Hall–Kier alpha value is -1.40. The Kier molecular flexibility index (Phi) is 6.20. The first-order valence-corrected chi connectivity index (χ1v) is 8.39. The number of hydrogen-bond acceptors (Lipinski definition) is 2. The van der Waals surface area contributed by atoms with E-state index >= 15 is 0 Å². The number of nitrogens with one attached hydrogen (secondary N) is 2. The first kappa shape index (κ1) is 16.0. The molecule has 0 aliphatic heterocycles. The van der Waals surface area contributed by atoms with Gasteiger partial charge in [-0.2, -0.15) is 11.3 Å². The van der Waals surface area contributed by atoms with Crippen molar-refractivity contribution in [3.63, 3.8) is 0 Å². The highest BCUT2D eigenvalue weighted by molar-refractivity contribution is 9.10. The van der Waals surface area contributed by atoms with Gasteiger partial charge in [0.15, 0.2) is 5.96 Å². The number of aliphatic imine (C=N–C) groups is 1. The summed E-state index contributed by atoms with van der Waals surface area (Å²) in [5.41, 5.74) is 2.05. The summed E-state index contributed by atoms with van der Waals surface area (Å²) in [6.45, 7) is 3.94. The quantitative estimate of drug-likeness (QED) is 0.619. The molecule has 0 amide bonds. The van der Waals surface area contributed by atoms with Gasteiger partial charge in [-0.15, -0.1) is 0 Å². The summed E-state index contributed by atoms with van der Waals surface area (Å²) < 4.78 is 14.1. The largest absolute Gasteiger partial charge is 0.357 e. The van der Waals surface area contributed by atoms with Gasteiger partial charge in [-0.1, -0.05) is 15.9 Å². The van der Waals surface area contributed by atoms with Crippen molar-refractivity contribution in [1.29, 1.82) is 0 Å². The van der Waals surface area contributed by atoms with E-state index < -0.39 is 0 Å². The summed E-state index contributed by atoms with van der Waals surface area (Å²) in [5.74, 6) is 0.467. The van der Waals surface area contributed by atoms with Crippen molar-refractivity contribution < 1.29 is 4.39 Å². The molecule has 0 spiro atoms. The van der Waals surface area contributed by atoms with Gasteiger partial charge in [0.05, 0.1) is 6.54 Å². The second kappa shape index (κ2) is 8.14. The lowest BCUT2D eigenvalue weighted by atomic mass is 10.2. The Labute approximate surface area is 136 Å². The minimum absolute atomic E-state index is 0.259. The third-order valence-electron chi connectivity index (χ3n) is 2.73. The molecule has 0 unspecified atom stereocenters. The van der Waals surface area contributed by atoms with Gasteiger partial charge in [0.2, 0.25) is 0 Å². The van der Waals surface area contributed by atoms with Crippen LogP contribution >= 0.6 is 27.3 Å². The molecule has 2 aromatic rings. The van der Waals surface area contributed by atoms with E-state index in [-0.39, 0.29) is 5.82 Å². The molecule has 0 aliphatic rings. The highest BCUT2D eigenvalue weighted by Crippen LogP contribution is 2.15. The smallest absolute Gasteiger partial charge is 0.191 e.